The van der Waals surface area contributed by atoms with E-state index in [1.54, 1.807) is 0 Å². The summed E-state index contributed by atoms with van der Waals surface area (Å²) in [5.74, 6) is 0.920. The SMILES string of the molecule is CC=C(C)C=C(C)COc1ccccc1.C[Si]C.[Ti].c1ccc2[cH-]ccc2c1. The van der Waals surface area contributed by atoms with Gasteiger partial charge in [0.1, 0.15) is 12.4 Å². The molecule has 0 saturated carbocycles. The van der Waals surface area contributed by atoms with E-state index in [1.807, 2.05) is 37.3 Å². The summed E-state index contributed by atoms with van der Waals surface area (Å²) in [5.41, 5.74) is 2.50. The zero-order valence-corrected chi connectivity index (χ0v) is 20.3. The number of allylic oxidation sites excluding steroid dienone is 3. The maximum atomic E-state index is 5.62. The molecule has 0 unspecified atom stereocenters. The Hall–Kier alpha value is -1.74. The van der Waals surface area contributed by atoms with Crippen LogP contribution in [0.5, 0.6) is 5.75 Å². The molecule has 0 aromatic heterocycles. The Bertz CT molecular complexity index is 788. The number of para-hydroxylation sites is 1. The van der Waals surface area contributed by atoms with E-state index in [0.29, 0.717) is 6.61 Å². The summed E-state index contributed by atoms with van der Waals surface area (Å²) in [6.45, 7) is 11.2. The quantitative estimate of drug-likeness (QED) is 0.243. The van der Waals surface area contributed by atoms with Crippen molar-refractivity contribution in [3.63, 3.8) is 0 Å². The van der Waals surface area contributed by atoms with E-state index in [1.165, 1.54) is 21.9 Å². The average Bonchev–Trinajstić information content (AvgIpc) is 3.17. The zero-order valence-electron chi connectivity index (χ0n) is 17.7. The molecule has 0 aliphatic heterocycles. The number of hydrogen-bond acceptors (Lipinski definition) is 1. The molecule has 3 rings (SSSR count). The average molecular weight is 423 g/mol. The minimum absolute atomic E-state index is 0. The summed E-state index contributed by atoms with van der Waals surface area (Å²) >= 11 is 0. The normalized spacial score (nSPS) is 10.8. The molecule has 0 bridgehead atoms. The van der Waals surface area contributed by atoms with E-state index < -0.39 is 0 Å². The molecule has 0 aliphatic carbocycles. The summed E-state index contributed by atoms with van der Waals surface area (Å²) in [7, 11) is 1.08. The molecule has 2 radical (unpaired) electrons. The van der Waals surface area contributed by atoms with Crippen LogP contribution in [0.3, 0.4) is 0 Å². The Balaban J connectivity index is 0.000000475. The minimum atomic E-state index is 0. The number of fused-ring (bicyclic) bond motifs is 1. The summed E-state index contributed by atoms with van der Waals surface area (Å²) in [5, 5.41) is 2.66. The van der Waals surface area contributed by atoms with Crippen LogP contribution in [0.1, 0.15) is 20.8 Å². The van der Waals surface area contributed by atoms with Gasteiger partial charge in [-0.25, -0.2) is 0 Å². The van der Waals surface area contributed by atoms with Gasteiger partial charge in [-0.15, -0.1) is 29.7 Å². The summed E-state index contributed by atoms with van der Waals surface area (Å²) in [6, 6.07) is 24.5. The molecule has 0 atom stereocenters. The standard InChI is InChI=1S/C14H18O.C9H7.C2H6Si.Ti/c1-4-12(2)10-13(3)11-15-14-8-6-5-7-9-14;1-2-5-9-7-3-6-8(9)4-1;1-3-2;/h4-10H,11H2,1-3H3;1-7H;1-2H3;/q;-1;;. The molecule has 0 fully saturated rings. The maximum Gasteiger partial charge on any atom is 0.119 e. The minimum Gasteiger partial charge on any atom is -0.489 e. The third-order valence-electron chi connectivity index (χ3n) is 3.69. The number of hydrogen-bond donors (Lipinski definition) is 0. The summed E-state index contributed by atoms with van der Waals surface area (Å²) < 4.78 is 5.62. The van der Waals surface area contributed by atoms with Crippen LogP contribution in [0.4, 0.5) is 0 Å². The molecular weight excluding hydrogens is 392 g/mol. The second-order valence-electron chi connectivity index (χ2n) is 6.28. The van der Waals surface area contributed by atoms with Crippen molar-refractivity contribution >= 4 is 20.3 Å². The fraction of sp³-hybridized carbons (Fsp3) is 0.240. The van der Waals surface area contributed by atoms with Crippen molar-refractivity contribution in [3.8, 4) is 5.75 Å². The molecule has 0 heterocycles. The van der Waals surface area contributed by atoms with Crippen molar-refractivity contribution in [2.24, 2.45) is 0 Å². The van der Waals surface area contributed by atoms with Gasteiger partial charge in [0.25, 0.3) is 0 Å². The Morgan fingerprint density at radius 3 is 2.18 bits per heavy atom. The first kappa shape index (κ1) is 26.3. The van der Waals surface area contributed by atoms with Gasteiger partial charge in [-0.2, -0.15) is 17.5 Å². The second kappa shape index (κ2) is 16.2. The van der Waals surface area contributed by atoms with Crippen molar-refractivity contribution < 1.29 is 26.5 Å². The summed E-state index contributed by atoms with van der Waals surface area (Å²) in [6.07, 6.45) is 4.23. The van der Waals surface area contributed by atoms with Gasteiger partial charge in [-0.05, 0) is 38.5 Å². The van der Waals surface area contributed by atoms with Gasteiger partial charge >= 0.3 is 0 Å². The van der Waals surface area contributed by atoms with Crippen LogP contribution in [-0.2, 0) is 21.7 Å². The van der Waals surface area contributed by atoms with Crippen LogP contribution in [0.15, 0.2) is 96.1 Å². The molecule has 3 heteroatoms. The molecule has 3 aromatic rings. The molecule has 0 amide bonds. The molecule has 28 heavy (non-hydrogen) atoms. The third kappa shape index (κ3) is 11.2. The Labute approximate surface area is 188 Å². The van der Waals surface area contributed by atoms with E-state index in [-0.39, 0.29) is 21.7 Å². The number of rotatable bonds is 4. The van der Waals surface area contributed by atoms with Crippen LogP contribution in [0, 0.1) is 0 Å². The van der Waals surface area contributed by atoms with Crippen molar-refractivity contribution in [2.75, 3.05) is 6.61 Å². The van der Waals surface area contributed by atoms with E-state index in [2.05, 4.69) is 81.6 Å². The molecule has 0 aliphatic rings. The Morgan fingerprint density at radius 1 is 0.964 bits per heavy atom. The topological polar surface area (TPSA) is 9.23 Å². The van der Waals surface area contributed by atoms with Gasteiger partial charge in [0, 0.05) is 31.2 Å². The number of ether oxygens (including phenoxy) is 1. The van der Waals surface area contributed by atoms with Gasteiger partial charge in [0.05, 0.1) is 0 Å². The van der Waals surface area contributed by atoms with Crippen molar-refractivity contribution in [1.82, 2.24) is 0 Å². The fourth-order valence-electron chi connectivity index (χ4n) is 2.30. The summed E-state index contributed by atoms with van der Waals surface area (Å²) in [4.78, 5) is 0. The van der Waals surface area contributed by atoms with Crippen molar-refractivity contribution in [1.29, 1.82) is 0 Å². The van der Waals surface area contributed by atoms with Crippen LogP contribution < -0.4 is 4.74 Å². The first-order valence-electron chi connectivity index (χ1n) is 9.27. The largest absolute Gasteiger partial charge is 0.489 e. The van der Waals surface area contributed by atoms with Crippen molar-refractivity contribution in [2.45, 2.75) is 33.9 Å². The fourth-order valence-corrected chi connectivity index (χ4v) is 2.30. The first-order chi connectivity index (χ1) is 13.1. The first-order valence-corrected chi connectivity index (χ1v) is 11.3. The van der Waals surface area contributed by atoms with Gasteiger partial charge < -0.3 is 4.74 Å². The van der Waals surface area contributed by atoms with Gasteiger partial charge in [-0.3, -0.25) is 0 Å². The van der Waals surface area contributed by atoms with Crippen LogP contribution in [0.25, 0.3) is 10.8 Å². The zero-order chi connectivity index (χ0) is 19.9. The molecule has 146 valence electrons. The molecule has 0 spiro atoms. The predicted octanol–water partition coefficient (Wildman–Crippen LogP) is 7.32. The smallest absolute Gasteiger partial charge is 0.119 e. The molecule has 0 saturated heterocycles. The monoisotopic (exact) mass is 423 g/mol. The molecule has 1 nitrogen and oxygen atoms in total. The Kier molecular flexibility index (Phi) is 15.2. The van der Waals surface area contributed by atoms with Crippen LogP contribution in [-0.4, -0.2) is 16.1 Å². The third-order valence-corrected chi connectivity index (χ3v) is 3.69. The van der Waals surface area contributed by atoms with Crippen molar-refractivity contribution in [3.05, 3.63) is 96.1 Å². The van der Waals surface area contributed by atoms with Gasteiger partial charge in [0.15, 0.2) is 0 Å². The van der Waals surface area contributed by atoms with E-state index >= 15 is 0 Å². The predicted molar refractivity (Wildman–Crippen MR) is 122 cm³/mol. The molecule has 3 aromatic carbocycles. The van der Waals surface area contributed by atoms with E-state index in [4.69, 9.17) is 4.74 Å². The molecular formula is C25H31OSiTi-. The Morgan fingerprint density at radius 2 is 1.57 bits per heavy atom. The maximum absolute atomic E-state index is 5.62. The van der Waals surface area contributed by atoms with E-state index in [9.17, 15) is 0 Å². The number of benzene rings is 2. The van der Waals surface area contributed by atoms with Gasteiger partial charge in [0.2, 0.25) is 0 Å². The van der Waals surface area contributed by atoms with Crippen LogP contribution >= 0.6 is 0 Å². The van der Waals surface area contributed by atoms with Gasteiger partial charge in [-0.1, -0.05) is 55.1 Å². The van der Waals surface area contributed by atoms with E-state index in [0.717, 1.165) is 15.3 Å². The second-order valence-corrected chi connectivity index (χ2v) is 7.28. The van der Waals surface area contributed by atoms with Crippen LogP contribution in [0.2, 0.25) is 13.1 Å². The molecule has 0 N–H and O–H groups in total.